The van der Waals surface area contributed by atoms with Gasteiger partial charge in [0.25, 0.3) is 0 Å². The van der Waals surface area contributed by atoms with Crippen LogP contribution in [0.3, 0.4) is 0 Å². The molecule has 1 saturated heterocycles. The van der Waals surface area contributed by atoms with Crippen LogP contribution in [-0.4, -0.2) is 43.3 Å². The van der Waals surface area contributed by atoms with Gasteiger partial charge in [-0.2, -0.15) is 0 Å². The summed E-state index contributed by atoms with van der Waals surface area (Å²) >= 11 is 0. The number of unbranched alkanes of at least 4 members (excludes halogenated alkanes) is 1. The fraction of sp³-hybridized carbons (Fsp3) is 1.00. The Labute approximate surface area is 87.6 Å². The minimum Gasteiger partial charge on any atom is -0.376 e. The van der Waals surface area contributed by atoms with Gasteiger partial charge in [-0.15, -0.1) is 0 Å². The van der Waals surface area contributed by atoms with E-state index in [1.807, 2.05) is 0 Å². The van der Waals surface area contributed by atoms with Gasteiger partial charge >= 0.3 is 0 Å². The van der Waals surface area contributed by atoms with Crippen molar-refractivity contribution in [1.82, 2.24) is 4.90 Å². The van der Waals surface area contributed by atoms with Crippen LogP contribution in [0.15, 0.2) is 0 Å². The topological polar surface area (TPSA) is 38.5 Å². The normalized spacial score (nSPS) is 26.4. The first-order valence-corrected chi connectivity index (χ1v) is 5.82. The van der Waals surface area contributed by atoms with E-state index in [0.29, 0.717) is 12.1 Å². The Kier molecular flexibility index (Phi) is 5.45. The van der Waals surface area contributed by atoms with E-state index >= 15 is 0 Å². The van der Waals surface area contributed by atoms with Gasteiger partial charge in [-0.25, -0.2) is 0 Å². The summed E-state index contributed by atoms with van der Waals surface area (Å²) in [7, 11) is 0. The third-order valence-corrected chi connectivity index (χ3v) is 2.75. The van der Waals surface area contributed by atoms with Crippen molar-refractivity contribution in [2.24, 2.45) is 5.73 Å². The molecule has 1 heterocycles. The highest BCUT2D eigenvalue weighted by Gasteiger charge is 2.18. The van der Waals surface area contributed by atoms with E-state index in [1.165, 1.54) is 12.8 Å². The minimum absolute atomic E-state index is 0.347. The molecule has 0 saturated carbocycles. The smallest absolute Gasteiger partial charge is 0.0674 e. The van der Waals surface area contributed by atoms with Crippen molar-refractivity contribution in [2.45, 2.75) is 45.3 Å². The van der Waals surface area contributed by atoms with Crippen LogP contribution >= 0.6 is 0 Å². The van der Waals surface area contributed by atoms with E-state index in [4.69, 9.17) is 10.5 Å². The molecule has 14 heavy (non-hydrogen) atoms. The summed E-state index contributed by atoms with van der Waals surface area (Å²) in [4.78, 5) is 2.43. The fourth-order valence-corrected chi connectivity index (χ4v) is 1.95. The molecule has 0 aromatic carbocycles. The lowest BCUT2D eigenvalue weighted by atomic mass is 10.1. The summed E-state index contributed by atoms with van der Waals surface area (Å²) in [6, 6.07) is 0.347. The van der Waals surface area contributed by atoms with Crippen molar-refractivity contribution in [1.29, 1.82) is 0 Å². The molecule has 1 aliphatic heterocycles. The molecule has 1 fully saturated rings. The van der Waals surface area contributed by atoms with Crippen molar-refractivity contribution in [3.8, 4) is 0 Å². The highest BCUT2D eigenvalue weighted by Crippen LogP contribution is 2.06. The third-order valence-electron chi connectivity index (χ3n) is 2.75. The molecule has 1 aliphatic rings. The standard InChI is InChI=1S/C11H24N2O/c1-3-4-5-11(12)9-13-6-7-14-10(2)8-13/h10-11H,3-9,12H2,1-2H3. The van der Waals surface area contributed by atoms with Gasteiger partial charge in [-0.05, 0) is 13.3 Å². The molecule has 3 nitrogen and oxygen atoms in total. The van der Waals surface area contributed by atoms with Crippen LogP contribution in [0.2, 0.25) is 0 Å². The van der Waals surface area contributed by atoms with Crippen LogP contribution in [0.1, 0.15) is 33.1 Å². The molecule has 84 valence electrons. The van der Waals surface area contributed by atoms with Crippen molar-refractivity contribution in [2.75, 3.05) is 26.2 Å². The predicted molar refractivity (Wildman–Crippen MR) is 59.4 cm³/mol. The molecular weight excluding hydrogens is 176 g/mol. The lowest BCUT2D eigenvalue weighted by Crippen LogP contribution is -2.46. The highest BCUT2D eigenvalue weighted by atomic mass is 16.5. The number of hydrogen-bond donors (Lipinski definition) is 1. The van der Waals surface area contributed by atoms with Gasteiger partial charge in [-0.1, -0.05) is 19.8 Å². The maximum Gasteiger partial charge on any atom is 0.0674 e. The molecule has 0 aliphatic carbocycles. The second-order valence-corrected chi connectivity index (χ2v) is 4.34. The second kappa shape index (κ2) is 6.38. The quantitative estimate of drug-likeness (QED) is 0.725. The van der Waals surface area contributed by atoms with E-state index in [2.05, 4.69) is 18.7 Å². The van der Waals surface area contributed by atoms with Crippen molar-refractivity contribution < 1.29 is 4.74 Å². The molecular formula is C11H24N2O. The number of nitrogens with two attached hydrogens (primary N) is 1. The van der Waals surface area contributed by atoms with Gasteiger partial charge < -0.3 is 10.5 Å². The summed E-state index contributed by atoms with van der Waals surface area (Å²) in [5, 5.41) is 0. The van der Waals surface area contributed by atoms with Gasteiger partial charge in [-0.3, -0.25) is 4.90 Å². The van der Waals surface area contributed by atoms with Crippen molar-refractivity contribution in [3.63, 3.8) is 0 Å². The first-order chi connectivity index (χ1) is 6.72. The molecule has 2 N–H and O–H groups in total. The largest absolute Gasteiger partial charge is 0.376 e. The highest BCUT2D eigenvalue weighted by molar-refractivity contribution is 4.73. The van der Waals surface area contributed by atoms with Gasteiger partial charge in [0.1, 0.15) is 0 Å². The van der Waals surface area contributed by atoms with Gasteiger partial charge in [0, 0.05) is 25.7 Å². The molecule has 0 radical (unpaired) electrons. The lowest BCUT2D eigenvalue weighted by Gasteiger charge is -2.32. The zero-order valence-electron chi connectivity index (χ0n) is 9.54. The second-order valence-electron chi connectivity index (χ2n) is 4.34. The Balaban J connectivity index is 2.15. The molecule has 2 atom stereocenters. The first kappa shape index (κ1) is 12.0. The van der Waals surface area contributed by atoms with Gasteiger partial charge in [0.05, 0.1) is 12.7 Å². The minimum atomic E-state index is 0.347. The van der Waals surface area contributed by atoms with E-state index in [1.54, 1.807) is 0 Å². The summed E-state index contributed by atoms with van der Waals surface area (Å²) in [6.45, 7) is 8.33. The van der Waals surface area contributed by atoms with Crippen molar-refractivity contribution in [3.05, 3.63) is 0 Å². The van der Waals surface area contributed by atoms with Crippen molar-refractivity contribution >= 4 is 0 Å². The summed E-state index contributed by atoms with van der Waals surface area (Å²) in [6.07, 6.45) is 4.03. The zero-order valence-corrected chi connectivity index (χ0v) is 9.54. The maximum atomic E-state index is 6.05. The zero-order chi connectivity index (χ0) is 10.4. The molecule has 2 unspecified atom stereocenters. The van der Waals surface area contributed by atoms with Crippen LogP contribution in [0.5, 0.6) is 0 Å². The SMILES string of the molecule is CCCCC(N)CN1CCOC(C)C1. The molecule has 0 aromatic heterocycles. The first-order valence-electron chi connectivity index (χ1n) is 5.82. The Bertz CT molecular complexity index is 152. The maximum absolute atomic E-state index is 6.05. The molecule has 0 bridgehead atoms. The monoisotopic (exact) mass is 200 g/mol. The Morgan fingerprint density at radius 3 is 3.00 bits per heavy atom. The summed E-state index contributed by atoms with van der Waals surface area (Å²) < 4.78 is 5.49. The summed E-state index contributed by atoms with van der Waals surface area (Å²) in [5.74, 6) is 0. The summed E-state index contributed by atoms with van der Waals surface area (Å²) in [5.41, 5.74) is 6.05. The van der Waals surface area contributed by atoms with Crippen LogP contribution in [-0.2, 0) is 4.74 Å². The molecule has 0 aromatic rings. The number of hydrogen-bond acceptors (Lipinski definition) is 3. The molecule has 1 rings (SSSR count). The third kappa shape index (κ3) is 4.40. The van der Waals surface area contributed by atoms with Crippen LogP contribution in [0, 0.1) is 0 Å². The lowest BCUT2D eigenvalue weighted by molar-refractivity contribution is -0.0200. The number of morpholine rings is 1. The van der Waals surface area contributed by atoms with E-state index in [0.717, 1.165) is 32.7 Å². The van der Waals surface area contributed by atoms with Gasteiger partial charge in [0.15, 0.2) is 0 Å². The molecule has 0 amide bonds. The van der Waals surface area contributed by atoms with E-state index in [9.17, 15) is 0 Å². The molecule has 3 heteroatoms. The van der Waals surface area contributed by atoms with E-state index in [-0.39, 0.29) is 0 Å². The Morgan fingerprint density at radius 2 is 2.36 bits per heavy atom. The number of ether oxygens (including phenoxy) is 1. The Morgan fingerprint density at radius 1 is 1.57 bits per heavy atom. The number of rotatable bonds is 5. The fourth-order valence-electron chi connectivity index (χ4n) is 1.95. The van der Waals surface area contributed by atoms with E-state index < -0.39 is 0 Å². The van der Waals surface area contributed by atoms with Crippen LogP contribution < -0.4 is 5.73 Å². The Hall–Kier alpha value is -0.120. The van der Waals surface area contributed by atoms with Gasteiger partial charge in [0.2, 0.25) is 0 Å². The van der Waals surface area contributed by atoms with Crippen LogP contribution in [0.25, 0.3) is 0 Å². The van der Waals surface area contributed by atoms with Crippen LogP contribution in [0.4, 0.5) is 0 Å². The molecule has 0 spiro atoms. The average Bonchev–Trinajstić information content (AvgIpc) is 2.15. The average molecular weight is 200 g/mol. The number of nitrogens with zero attached hydrogens (tertiary/aromatic N) is 1. The predicted octanol–water partition coefficient (Wildman–Crippen LogP) is 1.22.